The van der Waals surface area contributed by atoms with E-state index < -0.39 is 0 Å². The van der Waals surface area contributed by atoms with E-state index in [4.69, 9.17) is 0 Å². The van der Waals surface area contributed by atoms with Crippen molar-refractivity contribution in [3.8, 4) is 0 Å². The van der Waals surface area contributed by atoms with Crippen LogP contribution in [0.25, 0.3) is 0 Å². The highest BCUT2D eigenvalue weighted by molar-refractivity contribution is 5.04. The molecular formula is C11H16N4. The molecule has 0 saturated carbocycles. The monoisotopic (exact) mass is 204 g/mol. The highest BCUT2D eigenvalue weighted by Crippen LogP contribution is 2.03. The van der Waals surface area contributed by atoms with Gasteiger partial charge in [0, 0.05) is 38.6 Å². The average Bonchev–Trinajstić information content (AvgIpc) is 2.83. The fourth-order valence-corrected chi connectivity index (χ4v) is 1.71. The minimum Gasteiger partial charge on any atom is -0.335 e. The summed E-state index contributed by atoms with van der Waals surface area (Å²) in [6, 6.07) is 0. The van der Waals surface area contributed by atoms with Crippen LogP contribution in [0.5, 0.6) is 0 Å². The van der Waals surface area contributed by atoms with Gasteiger partial charge in [0.05, 0.1) is 6.20 Å². The lowest BCUT2D eigenvalue weighted by molar-refractivity contribution is 0.655. The van der Waals surface area contributed by atoms with Gasteiger partial charge < -0.3 is 4.57 Å². The lowest BCUT2D eigenvalue weighted by Gasteiger charge is -2.04. The maximum absolute atomic E-state index is 4.29. The summed E-state index contributed by atoms with van der Waals surface area (Å²) in [4.78, 5) is 4.29. The Labute approximate surface area is 89.6 Å². The van der Waals surface area contributed by atoms with Crippen molar-refractivity contribution in [1.29, 1.82) is 0 Å². The molecule has 0 radical (unpaired) electrons. The van der Waals surface area contributed by atoms with Gasteiger partial charge in [0.25, 0.3) is 0 Å². The summed E-state index contributed by atoms with van der Waals surface area (Å²) in [6.07, 6.45) is 9.87. The first-order valence-corrected chi connectivity index (χ1v) is 5.27. The quantitative estimate of drug-likeness (QED) is 0.755. The first-order chi connectivity index (χ1) is 7.29. The molecule has 0 aliphatic rings. The van der Waals surface area contributed by atoms with Crippen molar-refractivity contribution in [1.82, 2.24) is 19.3 Å². The van der Waals surface area contributed by atoms with Crippen LogP contribution in [-0.4, -0.2) is 19.3 Å². The molecule has 0 saturated heterocycles. The minimum absolute atomic E-state index is 0.981. The number of hydrogen-bond donors (Lipinski definition) is 0. The van der Waals surface area contributed by atoms with Crippen molar-refractivity contribution in [2.75, 3.05) is 0 Å². The van der Waals surface area contributed by atoms with E-state index >= 15 is 0 Å². The molecule has 15 heavy (non-hydrogen) atoms. The van der Waals surface area contributed by atoms with Crippen molar-refractivity contribution in [2.24, 2.45) is 7.05 Å². The van der Waals surface area contributed by atoms with E-state index in [1.165, 1.54) is 5.56 Å². The van der Waals surface area contributed by atoms with Gasteiger partial charge in [0.15, 0.2) is 0 Å². The molecule has 4 heteroatoms. The standard InChI is InChI=1S/C11H16N4/c1-3-11-12-5-7-15(11)6-4-10-8-13-14(2)9-10/h5,7-9H,3-4,6H2,1-2H3. The predicted molar refractivity (Wildman–Crippen MR) is 58.5 cm³/mol. The molecule has 4 nitrogen and oxygen atoms in total. The van der Waals surface area contributed by atoms with Crippen LogP contribution < -0.4 is 0 Å². The summed E-state index contributed by atoms with van der Waals surface area (Å²) in [5.41, 5.74) is 1.27. The van der Waals surface area contributed by atoms with Crippen molar-refractivity contribution in [3.05, 3.63) is 36.2 Å². The fourth-order valence-electron chi connectivity index (χ4n) is 1.71. The Morgan fingerprint density at radius 3 is 2.93 bits per heavy atom. The van der Waals surface area contributed by atoms with Gasteiger partial charge in [0.1, 0.15) is 5.82 Å². The zero-order valence-corrected chi connectivity index (χ0v) is 9.22. The summed E-state index contributed by atoms with van der Waals surface area (Å²) in [5, 5.41) is 4.15. The molecule has 0 bridgehead atoms. The predicted octanol–water partition coefficient (Wildman–Crippen LogP) is 1.42. The van der Waals surface area contributed by atoms with Crippen molar-refractivity contribution < 1.29 is 0 Å². The Morgan fingerprint density at radius 2 is 2.27 bits per heavy atom. The van der Waals surface area contributed by atoms with Crippen LogP contribution in [0.4, 0.5) is 0 Å². The second-order valence-electron chi connectivity index (χ2n) is 3.66. The molecule has 2 aromatic rings. The molecule has 2 rings (SSSR count). The zero-order chi connectivity index (χ0) is 10.7. The average molecular weight is 204 g/mol. The summed E-state index contributed by atoms with van der Waals surface area (Å²) in [6.45, 7) is 3.11. The largest absolute Gasteiger partial charge is 0.335 e. The molecule has 0 amide bonds. The summed E-state index contributed by atoms with van der Waals surface area (Å²) in [5.74, 6) is 1.15. The molecule has 2 aromatic heterocycles. The van der Waals surface area contributed by atoms with Gasteiger partial charge in [-0.3, -0.25) is 4.68 Å². The van der Waals surface area contributed by atoms with Crippen LogP contribution in [0.1, 0.15) is 18.3 Å². The summed E-state index contributed by atoms with van der Waals surface area (Å²) in [7, 11) is 1.94. The molecule has 0 fully saturated rings. The van der Waals surface area contributed by atoms with Crippen molar-refractivity contribution in [2.45, 2.75) is 26.3 Å². The number of aryl methyl sites for hydroxylation is 4. The third kappa shape index (κ3) is 2.26. The summed E-state index contributed by atoms with van der Waals surface area (Å²) >= 11 is 0. The summed E-state index contributed by atoms with van der Waals surface area (Å²) < 4.78 is 4.04. The zero-order valence-electron chi connectivity index (χ0n) is 9.22. The van der Waals surface area contributed by atoms with Gasteiger partial charge >= 0.3 is 0 Å². The fraction of sp³-hybridized carbons (Fsp3) is 0.455. The van der Waals surface area contributed by atoms with Crippen molar-refractivity contribution >= 4 is 0 Å². The second-order valence-corrected chi connectivity index (χ2v) is 3.66. The topological polar surface area (TPSA) is 35.6 Å². The molecule has 80 valence electrons. The molecule has 0 aliphatic carbocycles. The van der Waals surface area contributed by atoms with Gasteiger partial charge in [-0.15, -0.1) is 0 Å². The normalized spacial score (nSPS) is 10.8. The Morgan fingerprint density at radius 1 is 1.40 bits per heavy atom. The van der Waals surface area contributed by atoms with Crippen LogP contribution in [-0.2, 0) is 26.4 Å². The van der Waals surface area contributed by atoms with E-state index in [0.717, 1.165) is 25.2 Å². The maximum Gasteiger partial charge on any atom is 0.108 e. The van der Waals surface area contributed by atoms with Gasteiger partial charge in [0.2, 0.25) is 0 Å². The Hall–Kier alpha value is -1.58. The van der Waals surface area contributed by atoms with Crippen LogP contribution in [0.15, 0.2) is 24.8 Å². The third-order valence-electron chi connectivity index (χ3n) is 2.52. The van der Waals surface area contributed by atoms with Gasteiger partial charge in [-0.2, -0.15) is 5.10 Å². The molecule has 2 heterocycles. The van der Waals surface area contributed by atoms with Crippen LogP contribution >= 0.6 is 0 Å². The van der Waals surface area contributed by atoms with E-state index in [1.54, 1.807) is 0 Å². The maximum atomic E-state index is 4.29. The SMILES string of the molecule is CCc1nccn1CCc1cnn(C)c1. The number of nitrogens with zero attached hydrogens (tertiary/aromatic N) is 4. The van der Waals surface area contributed by atoms with Gasteiger partial charge in [-0.1, -0.05) is 6.92 Å². The first-order valence-electron chi connectivity index (χ1n) is 5.27. The van der Waals surface area contributed by atoms with Crippen LogP contribution in [0, 0.1) is 0 Å². The number of rotatable bonds is 4. The smallest absolute Gasteiger partial charge is 0.108 e. The van der Waals surface area contributed by atoms with E-state index in [9.17, 15) is 0 Å². The Kier molecular flexibility index (Phi) is 2.85. The van der Waals surface area contributed by atoms with E-state index in [1.807, 2.05) is 30.3 Å². The molecular weight excluding hydrogens is 188 g/mol. The lowest BCUT2D eigenvalue weighted by Crippen LogP contribution is -2.04. The molecule has 0 atom stereocenters. The highest BCUT2D eigenvalue weighted by atomic mass is 15.2. The minimum atomic E-state index is 0.981. The van der Waals surface area contributed by atoms with E-state index in [2.05, 4.69) is 27.8 Å². The van der Waals surface area contributed by atoms with Crippen LogP contribution in [0.2, 0.25) is 0 Å². The molecule has 0 aromatic carbocycles. The lowest BCUT2D eigenvalue weighted by atomic mass is 10.2. The highest BCUT2D eigenvalue weighted by Gasteiger charge is 2.01. The molecule has 0 N–H and O–H groups in total. The van der Waals surface area contributed by atoms with Gasteiger partial charge in [-0.25, -0.2) is 4.98 Å². The second kappa shape index (κ2) is 4.29. The third-order valence-corrected chi connectivity index (χ3v) is 2.52. The number of aromatic nitrogens is 4. The van der Waals surface area contributed by atoms with E-state index in [-0.39, 0.29) is 0 Å². The molecule has 0 unspecified atom stereocenters. The van der Waals surface area contributed by atoms with Crippen LogP contribution in [0.3, 0.4) is 0 Å². The molecule has 0 aliphatic heterocycles. The number of hydrogen-bond acceptors (Lipinski definition) is 2. The number of imidazole rings is 1. The first kappa shape index (κ1) is 9.96. The van der Waals surface area contributed by atoms with E-state index in [0.29, 0.717) is 0 Å². The van der Waals surface area contributed by atoms with Gasteiger partial charge in [-0.05, 0) is 12.0 Å². The van der Waals surface area contributed by atoms with Crippen molar-refractivity contribution in [3.63, 3.8) is 0 Å². The Bertz CT molecular complexity index is 427. The Balaban J connectivity index is 1.98. The molecule has 0 spiro atoms.